The number of nitrogens with zero attached hydrogens (tertiary/aromatic N) is 7. The third kappa shape index (κ3) is 24.7. The first-order valence-corrected chi connectivity index (χ1v) is 47.5. The van der Waals surface area contributed by atoms with Crippen LogP contribution in [0.25, 0.3) is 45.0 Å². The van der Waals surface area contributed by atoms with E-state index in [9.17, 15) is 19.2 Å². The molecular weight excluding hydrogens is 1930 g/mol. The van der Waals surface area contributed by atoms with Crippen molar-refractivity contribution >= 4 is 145 Å². The van der Waals surface area contributed by atoms with Crippen LogP contribution in [0.1, 0.15) is 173 Å². The molecule has 12 aromatic rings. The number of benzene rings is 8. The smallest absolute Gasteiger partial charge is 0.410 e. The van der Waals surface area contributed by atoms with Gasteiger partial charge in [0.15, 0.2) is 0 Å². The van der Waals surface area contributed by atoms with Crippen LogP contribution in [0.5, 0.6) is 0 Å². The number of imidazole rings is 4. The molecule has 19 nitrogen and oxygen atoms in total. The third-order valence-electron chi connectivity index (χ3n) is 21.0. The fourth-order valence-electron chi connectivity index (χ4n) is 14.9. The van der Waals surface area contributed by atoms with E-state index < -0.39 is 17.1 Å². The van der Waals surface area contributed by atoms with Crippen LogP contribution in [0, 0.1) is 22.5 Å². The topological polar surface area (TPSA) is 246 Å². The van der Waals surface area contributed by atoms with Gasteiger partial charge in [0, 0.05) is 103 Å². The lowest BCUT2D eigenvalue weighted by Gasteiger charge is -2.29. The highest BCUT2D eigenvalue weighted by Crippen LogP contribution is 2.43. The van der Waals surface area contributed by atoms with E-state index in [-0.39, 0.29) is 54.5 Å². The van der Waals surface area contributed by atoms with Crippen LogP contribution in [0.15, 0.2) is 258 Å². The first-order chi connectivity index (χ1) is 58.3. The molecule has 3 amide bonds. The van der Waals surface area contributed by atoms with Crippen molar-refractivity contribution < 1.29 is 33.4 Å². The summed E-state index contributed by atoms with van der Waals surface area (Å²) >= 11 is 14.1. The van der Waals surface area contributed by atoms with E-state index in [1.165, 1.54) is 84.3 Å². The maximum Gasteiger partial charge on any atom is 0.410 e. The molecule has 16 rings (SSSR count). The molecule has 0 spiro atoms. The van der Waals surface area contributed by atoms with Gasteiger partial charge in [0.25, 0.3) is 0 Å². The summed E-state index contributed by atoms with van der Waals surface area (Å²) in [6.07, 6.45) is 17.7. The second kappa shape index (κ2) is 42.2. The molecule has 0 bridgehead atoms. The van der Waals surface area contributed by atoms with Crippen molar-refractivity contribution in [3.8, 4) is 45.0 Å². The quantitative estimate of drug-likeness (QED) is 0.0206. The average molecular weight is 2030 g/mol. The summed E-state index contributed by atoms with van der Waals surface area (Å²) in [5, 5.41) is 0. The number of likely N-dealkylation sites (tertiary alicyclic amines) is 3. The standard InChI is InChI=1S/C27H30IN3O3S.C24H26IN3O2S.C24H28N4O2S.C20H19IN2S/c1-17(2)20(15-25(32)34-3)27(33)31-13-7-10-23(31)26-29-16-22(30-26)18-11-12-21(28)24(14-18)35-19-8-5-4-6-9-19;2*1-24(2,3)30-23(29)28-13-7-10-20(28)22-26-15-19(27-22)16-11-12-18(25)21(14-16)31-17-8-5-4-6-9-17;21-17-11-10-15(12-19(17)24-16-8-2-1-3-9-16)18-13-22-20(23-18)14-6-4-5-7-14/h4-6,8-9,11-12,14,16-17,20,23H,7,10,13,15H2,1-3H3,(H,29,30);4-6,8-9,11-12,14-15,20H,7,10,13H2,1-3H3,(H,26,27);4-6,8-9,11-12,14-15,20H,7,10,13,25H2,1-3H3,(H,26,27);1-3,8-14H,4-7H2,(H,22,23)/t20-,23-;2*20-;/m000./s1. The number of methoxy groups -OCH3 is 1. The first kappa shape index (κ1) is 90.2. The minimum absolute atomic E-state index is 0.00154. The predicted molar refractivity (Wildman–Crippen MR) is 511 cm³/mol. The molecule has 26 heteroatoms. The molecule has 6 N–H and O–H groups in total. The van der Waals surface area contributed by atoms with Crippen molar-refractivity contribution in [3.05, 3.63) is 253 Å². The molecule has 1 saturated carbocycles. The zero-order valence-electron chi connectivity index (χ0n) is 69.5. The molecule has 121 heavy (non-hydrogen) atoms. The molecule has 4 aromatic heterocycles. The maximum absolute atomic E-state index is 13.4. The highest BCUT2D eigenvalue weighted by atomic mass is 127. The number of aromatic amines is 4. The third-order valence-corrected chi connectivity index (χ3v) is 29.2. The number of esters is 1. The number of anilines is 1. The van der Waals surface area contributed by atoms with Crippen LogP contribution in [-0.2, 0) is 23.8 Å². The van der Waals surface area contributed by atoms with E-state index in [1.54, 1.807) is 45.1 Å². The average Bonchev–Trinajstić information content (AvgIpc) is 1.57. The van der Waals surface area contributed by atoms with Gasteiger partial charge < -0.3 is 44.8 Å². The SMILES string of the molecule is CC(C)(C)OC(=O)N1CCC[C@H]1c1ncc(-c2ccc(I)c(Sc3ccccc3)c2)[nH]1.CC(C)(C)OC(=O)N1CCC[C@H]1c1ncc(-c2ccc(N)c(Sc3ccccc3)c2)[nH]1.COC(=O)C[C@H](C(=O)N1CCC[C@H]1c1ncc(-c2ccc(I)c(Sc3ccccc3)c2)[nH]1)C(C)C.Ic1ccc(-c2cnc(C3CCCC3)[nH]2)cc1Sc1ccccc1. The molecule has 4 atom stereocenters. The number of ether oxygens (including phenoxy) is 3. The molecule has 0 radical (unpaired) electrons. The Morgan fingerprint density at radius 1 is 0.430 bits per heavy atom. The zero-order chi connectivity index (χ0) is 85.3. The largest absolute Gasteiger partial charge is 0.469 e. The molecule has 7 heterocycles. The van der Waals surface area contributed by atoms with Gasteiger partial charge in [-0.1, -0.05) is 171 Å². The molecule has 0 unspecified atom stereocenters. The zero-order valence-corrected chi connectivity index (χ0v) is 79.2. The van der Waals surface area contributed by atoms with Crippen molar-refractivity contribution in [2.24, 2.45) is 11.8 Å². The molecule has 630 valence electrons. The number of carbonyl (C=O) groups is 4. The number of hydrogen-bond acceptors (Lipinski definition) is 16. The number of rotatable bonds is 20. The van der Waals surface area contributed by atoms with Gasteiger partial charge in [-0.15, -0.1) is 0 Å². The lowest BCUT2D eigenvalue weighted by atomic mass is 9.91. The van der Waals surface area contributed by atoms with Crippen molar-refractivity contribution in [2.45, 2.75) is 200 Å². The van der Waals surface area contributed by atoms with Gasteiger partial charge in [-0.25, -0.2) is 29.5 Å². The Balaban J connectivity index is 0.000000140. The number of nitrogen functional groups attached to an aromatic ring is 1. The molecular formula is C95H103I3N12O7S4. The normalized spacial score (nSPS) is 16.2. The van der Waals surface area contributed by atoms with Gasteiger partial charge in [-0.2, -0.15) is 0 Å². The Morgan fingerprint density at radius 3 is 1.09 bits per heavy atom. The fraction of sp³-hybridized carbons (Fsp3) is 0.326. The number of carbonyl (C=O) groups excluding carboxylic acids is 4. The van der Waals surface area contributed by atoms with E-state index in [2.05, 4.69) is 247 Å². The number of nitrogens with two attached hydrogens (primary N) is 1. The Labute approximate surface area is 767 Å². The van der Waals surface area contributed by atoms with Gasteiger partial charge in [0.2, 0.25) is 5.91 Å². The fourth-order valence-corrected chi connectivity index (χ4v) is 20.5. The van der Waals surface area contributed by atoms with Crippen molar-refractivity contribution in [1.82, 2.24) is 54.6 Å². The summed E-state index contributed by atoms with van der Waals surface area (Å²) in [6, 6.07) is 66.6. The van der Waals surface area contributed by atoms with E-state index in [1.807, 2.05) is 151 Å². The molecule has 3 saturated heterocycles. The number of aromatic nitrogens is 8. The number of hydrogen-bond donors (Lipinski definition) is 5. The summed E-state index contributed by atoms with van der Waals surface area (Å²) in [5.74, 6) is 3.48. The van der Waals surface area contributed by atoms with Crippen molar-refractivity contribution in [3.63, 3.8) is 0 Å². The Kier molecular flexibility index (Phi) is 31.5. The summed E-state index contributed by atoms with van der Waals surface area (Å²) in [4.78, 5) is 98.0. The van der Waals surface area contributed by atoms with Crippen LogP contribution >= 0.6 is 115 Å². The van der Waals surface area contributed by atoms with Crippen LogP contribution in [0.2, 0.25) is 0 Å². The lowest BCUT2D eigenvalue weighted by molar-refractivity contribution is -0.148. The minimum atomic E-state index is -0.519. The highest BCUT2D eigenvalue weighted by molar-refractivity contribution is 14.1. The number of halogens is 3. The van der Waals surface area contributed by atoms with Gasteiger partial charge in [0.1, 0.15) is 34.5 Å². The number of H-pyrrole nitrogens is 4. The van der Waals surface area contributed by atoms with Gasteiger partial charge in [-0.3, -0.25) is 19.4 Å². The Hall–Kier alpha value is -8.53. The summed E-state index contributed by atoms with van der Waals surface area (Å²) < 4.78 is 19.7. The minimum Gasteiger partial charge on any atom is -0.469 e. The van der Waals surface area contributed by atoms with Crippen LogP contribution in [-0.4, -0.2) is 117 Å². The van der Waals surface area contributed by atoms with Crippen molar-refractivity contribution in [1.29, 1.82) is 0 Å². The second-order valence-electron chi connectivity index (χ2n) is 32.5. The van der Waals surface area contributed by atoms with E-state index in [0.717, 1.165) is 111 Å². The molecule has 3 aliphatic heterocycles. The van der Waals surface area contributed by atoms with Gasteiger partial charge in [0.05, 0.1) is 85.1 Å². The summed E-state index contributed by atoms with van der Waals surface area (Å²) in [5.41, 5.74) is 14.2. The molecule has 8 aromatic carbocycles. The number of amides is 3. The second-order valence-corrected chi connectivity index (χ2v) is 40.5. The monoisotopic (exact) mass is 2030 g/mol. The lowest BCUT2D eigenvalue weighted by Crippen LogP contribution is -2.39. The highest BCUT2D eigenvalue weighted by Gasteiger charge is 2.40. The molecule has 1 aliphatic carbocycles. The molecule has 4 aliphatic rings. The van der Waals surface area contributed by atoms with Gasteiger partial charge >= 0.3 is 18.2 Å². The van der Waals surface area contributed by atoms with E-state index >= 15 is 0 Å². The summed E-state index contributed by atoms with van der Waals surface area (Å²) in [7, 11) is 1.36. The first-order valence-electron chi connectivity index (χ1n) is 41.0. The molecule has 4 fully saturated rings. The van der Waals surface area contributed by atoms with E-state index in [4.69, 9.17) is 19.9 Å². The predicted octanol–water partition coefficient (Wildman–Crippen LogP) is 25.6. The van der Waals surface area contributed by atoms with Crippen LogP contribution in [0.4, 0.5) is 15.3 Å². The van der Waals surface area contributed by atoms with E-state index in [0.29, 0.717) is 25.6 Å². The Morgan fingerprint density at radius 2 is 0.744 bits per heavy atom. The summed E-state index contributed by atoms with van der Waals surface area (Å²) in [6.45, 7) is 17.3. The Bertz CT molecular complexity index is 5290. The number of nitrogens with one attached hydrogen (secondary N) is 4. The van der Waals surface area contributed by atoms with Gasteiger partial charge in [-0.05, 0) is 264 Å². The van der Waals surface area contributed by atoms with Crippen molar-refractivity contribution in [2.75, 3.05) is 32.5 Å². The van der Waals surface area contributed by atoms with Crippen LogP contribution < -0.4 is 5.73 Å². The van der Waals surface area contributed by atoms with Crippen LogP contribution in [0.3, 0.4) is 0 Å². The maximum atomic E-state index is 13.4.